The maximum Gasteiger partial charge on any atom is 0.254 e. The van der Waals surface area contributed by atoms with Crippen molar-refractivity contribution in [3.8, 4) is 6.07 Å². The number of rotatable bonds is 8. The minimum Gasteiger partial charge on any atom is -0.399 e. The van der Waals surface area contributed by atoms with Crippen LogP contribution in [0.1, 0.15) is 62.2 Å². The Balaban J connectivity index is 0.000000489. The van der Waals surface area contributed by atoms with E-state index in [1.165, 1.54) is 19.0 Å². The molecule has 192 valence electrons. The largest absolute Gasteiger partial charge is 0.399 e. The second-order valence-electron chi connectivity index (χ2n) is 9.08. The van der Waals surface area contributed by atoms with Crippen LogP contribution in [0.2, 0.25) is 0 Å². The number of aromatic nitrogens is 2. The number of benzene rings is 1. The summed E-state index contributed by atoms with van der Waals surface area (Å²) in [4.78, 5) is 22.5. The van der Waals surface area contributed by atoms with E-state index in [-0.39, 0.29) is 23.8 Å². The molecule has 2 aliphatic rings. The number of hydrogen-bond acceptors (Lipinski definition) is 8. The van der Waals surface area contributed by atoms with Gasteiger partial charge in [-0.1, -0.05) is 19.8 Å². The molecule has 1 aromatic carbocycles. The normalized spacial score (nSPS) is 20.2. The highest BCUT2D eigenvalue weighted by atomic mass is 16.1. The van der Waals surface area contributed by atoms with Crippen LogP contribution < -0.4 is 22.1 Å². The number of nitrogens with two attached hydrogens (primary N) is 2. The summed E-state index contributed by atoms with van der Waals surface area (Å²) in [5, 5.41) is 31.8. The van der Waals surface area contributed by atoms with E-state index in [0.717, 1.165) is 36.9 Å². The first-order chi connectivity index (χ1) is 17.3. The van der Waals surface area contributed by atoms with Crippen molar-refractivity contribution in [2.75, 3.05) is 16.4 Å². The lowest BCUT2D eigenvalue weighted by molar-refractivity contribution is -0.105. The van der Waals surface area contributed by atoms with Crippen LogP contribution in [-0.2, 0) is 10.3 Å². The van der Waals surface area contributed by atoms with Crippen LogP contribution in [0.25, 0.3) is 0 Å². The number of nitriles is 1. The predicted octanol–water partition coefficient (Wildman–Crippen LogP) is 3.50. The molecule has 0 radical (unpaired) electrons. The third-order valence-electron chi connectivity index (χ3n) is 6.22. The van der Waals surface area contributed by atoms with Gasteiger partial charge in [-0.3, -0.25) is 14.3 Å². The van der Waals surface area contributed by atoms with Crippen molar-refractivity contribution in [3.05, 3.63) is 36.0 Å². The molecule has 2 amide bonds. The van der Waals surface area contributed by atoms with Crippen LogP contribution in [0, 0.1) is 28.1 Å². The van der Waals surface area contributed by atoms with Crippen LogP contribution in [0.3, 0.4) is 0 Å². The van der Waals surface area contributed by atoms with E-state index in [0.29, 0.717) is 24.9 Å². The fourth-order valence-corrected chi connectivity index (χ4v) is 3.87. The minimum absolute atomic E-state index is 0.113. The molecule has 2 aromatic rings. The number of nitrogens with zero attached hydrogens (tertiary/aromatic N) is 3. The molecule has 0 aliphatic heterocycles. The zero-order valence-corrected chi connectivity index (χ0v) is 20.5. The molecule has 0 atom stereocenters. The molecule has 0 bridgehead atoms. The summed E-state index contributed by atoms with van der Waals surface area (Å²) in [6, 6.07) is 10.1. The molecule has 0 saturated heterocycles. The van der Waals surface area contributed by atoms with E-state index >= 15 is 0 Å². The highest BCUT2D eigenvalue weighted by molar-refractivity contribution is 6.12. The van der Waals surface area contributed by atoms with Gasteiger partial charge in [0.1, 0.15) is 5.56 Å². The first-order valence-corrected chi connectivity index (χ1v) is 11.9. The molecule has 2 aliphatic carbocycles. The summed E-state index contributed by atoms with van der Waals surface area (Å²) in [6.45, 7) is 2.28. The Morgan fingerprint density at radius 3 is 2.25 bits per heavy atom. The molecule has 0 spiro atoms. The van der Waals surface area contributed by atoms with E-state index in [9.17, 15) is 14.9 Å². The molecule has 0 unspecified atom stereocenters. The Hall–Kier alpha value is -4.20. The van der Waals surface area contributed by atoms with Crippen LogP contribution in [0.4, 0.5) is 17.2 Å². The van der Waals surface area contributed by atoms with Crippen molar-refractivity contribution < 1.29 is 9.59 Å². The van der Waals surface area contributed by atoms with Crippen molar-refractivity contribution in [1.82, 2.24) is 9.78 Å². The predicted molar refractivity (Wildman–Crippen MR) is 141 cm³/mol. The van der Waals surface area contributed by atoms with Crippen molar-refractivity contribution in [2.24, 2.45) is 11.7 Å². The van der Waals surface area contributed by atoms with Gasteiger partial charge in [0.15, 0.2) is 5.82 Å². The topological polar surface area (TPSA) is 200 Å². The first kappa shape index (κ1) is 28.0. The monoisotopic (exact) mass is 493 g/mol. The lowest BCUT2D eigenvalue weighted by atomic mass is 9.77. The first-order valence-electron chi connectivity index (χ1n) is 11.9. The van der Waals surface area contributed by atoms with Gasteiger partial charge in [-0.25, -0.2) is 0 Å². The minimum atomic E-state index is -0.679. The number of anilines is 3. The van der Waals surface area contributed by atoms with Gasteiger partial charge in [0, 0.05) is 36.0 Å². The summed E-state index contributed by atoms with van der Waals surface area (Å²) in [5.74, 6) is 0.517. The Kier molecular flexibility index (Phi) is 10.6. The third-order valence-corrected chi connectivity index (χ3v) is 6.22. The molecular formula is C25H35N9O2. The van der Waals surface area contributed by atoms with Crippen LogP contribution in [-0.4, -0.2) is 40.6 Å². The molecule has 1 heterocycles. The Bertz CT molecular complexity index is 1050. The Morgan fingerprint density at radius 1 is 1.22 bits per heavy atom. The van der Waals surface area contributed by atoms with Gasteiger partial charge in [-0.15, -0.1) is 0 Å². The van der Waals surface area contributed by atoms with Crippen LogP contribution in [0.15, 0.2) is 30.5 Å². The molecule has 2 saturated carbocycles. The molecule has 1 aromatic heterocycles. The lowest BCUT2D eigenvalue weighted by Gasteiger charge is -2.39. The highest BCUT2D eigenvalue weighted by Crippen LogP contribution is 2.39. The smallest absolute Gasteiger partial charge is 0.254 e. The fraction of sp³-hybridized carbons (Fsp3) is 0.440. The Morgan fingerprint density at radius 2 is 1.81 bits per heavy atom. The number of carbonyl (C=O) groups is 2. The van der Waals surface area contributed by atoms with E-state index in [4.69, 9.17) is 22.3 Å². The van der Waals surface area contributed by atoms with Crippen LogP contribution in [0.5, 0.6) is 0 Å². The molecule has 11 heteroatoms. The Labute approximate surface area is 211 Å². The van der Waals surface area contributed by atoms with E-state index in [1.54, 1.807) is 4.68 Å². The van der Waals surface area contributed by atoms with Crippen molar-refractivity contribution >= 4 is 41.9 Å². The van der Waals surface area contributed by atoms with Gasteiger partial charge in [0.2, 0.25) is 6.41 Å². The molecule has 2 fully saturated rings. The molecule has 8 N–H and O–H groups in total. The van der Waals surface area contributed by atoms with Gasteiger partial charge < -0.3 is 32.9 Å². The fourth-order valence-electron chi connectivity index (χ4n) is 3.87. The van der Waals surface area contributed by atoms with Gasteiger partial charge >= 0.3 is 0 Å². The number of primary amides is 1. The number of hydrogen-bond donors (Lipinski definition) is 6. The maximum absolute atomic E-state index is 11.7. The van der Waals surface area contributed by atoms with E-state index < -0.39 is 11.4 Å². The van der Waals surface area contributed by atoms with Crippen LogP contribution >= 0.6 is 0 Å². The van der Waals surface area contributed by atoms with Gasteiger partial charge in [-0.2, -0.15) is 10.4 Å². The molecule has 36 heavy (non-hydrogen) atoms. The quantitative estimate of drug-likeness (QED) is 0.184. The summed E-state index contributed by atoms with van der Waals surface area (Å²) in [7, 11) is 0. The number of amides is 2. The summed E-state index contributed by atoms with van der Waals surface area (Å²) in [6.07, 6.45) is 10.1. The average Bonchev–Trinajstić information content (AvgIpc) is 3.53. The van der Waals surface area contributed by atoms with Gasteiger partial charge in [-0.05, 0) is 55.9 Å². The lowest BCUT2D eigenvalue weighted by Crippen LogP contribution is -2.41. The number of nitrogens with one attached hydrogen (secondary N) is 4. The van der Waals surface area contributed by atoms with Gasteiger partial charge in [0.25, 0.3) is 5.91 Å². The molecule has 11 nitrogen and oxygen atoms in total. The zero-order valence-electron chi connectivity index (χ0n) is 20.5. The maximum atomic E-state index is 11.7. The molecule has 4 rings (SSSR count). The molecular weight excluding hydrogens is 458 g/mol. The summed E-state index contributed by atoms with van der Waals surface area (Å²) < 4.78 is 1.63. The second-order valence-corrected chi connectivity index (χ2v) is 9.08. The zero-order chi connectivity index (χ0) is 26.6. The van der Waals surface area contributed by atoms with Crippen molar-refractivity contribution in [1.29, 1.82) is 16.1 Å². The van der Waals surface area contributed by atoms with Crippen molar-refractivity contribution in [2.45, 2.75) is 63.5 Å². The summed E-state index contributed by atoms with van der Waals surface area (Å²) >= 11 is 0. The summed E-state index contributed by atoms with van der Waals surface area (Å²) in [5.41, 5.74) is 12.4. The second kappa shape index (κ2) is 13.6. The third kappa shape index (κ3) is 8.23. The van der Waals surface area contributed by atoms with Crippen molar-refractivity contribution in [3.63, 3.8) is 0 Å². The van der Waals surface area contributed by atoms with E-state index in [2.05, 4.69) is 28.7 Å². The number of nitrogen functional groups attached to an aromatic ring is 1. The SMILES string of the molecule is CC1CC1.N#CCC1(n2cc(C(N)=O)c(NC=O)n2)CCC(Nc2ccc(N)cc2)CC1.N=CC=N. The number of carbonyl (C=O) groups excluding carboxylic acids is 2. The van der Waals surface area contributed by atoms with Gasteiger partial charge in [0.05, 0.1) is 18.0 Å². The standard InChI is InChI=1S/C19H23N7O2.C4H8.C2H4N2/c20-10-9-19(26-11-16(17(22)28)18(25-26)23-12-27)7-5-15(6-8-19)24-14-3-1-13(21)2-4-14;1-4-2-3-4;3-1-2-4/h1-4,11-12,15,24H,5-9,21H2,(H2,22,28)(H,23,25,27);4H,2-3H2,1H3;1-4H. The highest BCUT2D eigenvalue weighted by Gasteiger charge is 2.38. The van der Waals surface area contributed by atoms with E-state index in [1.807, 2.05) is 24.3 Å². The average molecular weight is 494 g/mol.